The highest BCUT2D eigenvalue weighted by molar-refractivity contribution is 9.10. The first-order valence-corrected chi connectivity index (χ1v) is 5.96. The second-order valence-electron chi connectivity index (χ2n) is 3.54. The minimum absolute atomic E-state index is 0.0848. The van der Waals surface area contributed by atoms with Crippen molar-refractivity contribution in [1.82, 2.24) is 4.98 Å². The Balaban J connectivity index is 2.20. The van der Waals surface area contributed by atoms with Gasteiger partial charge in [-0.15, -0.1) is 0 Å². The van der Waals surface area contributed by atoms with E-state index in [1.54, 1.807) is 12.1 Å². The van der Waals surface area contributed by atoms with Gasteiger partial charge in [0.1, 0.15) is 11.4 Å². The number of aromatic nitrogens is 1. The summed E-state index contributed by atoms with van der Waals surface area (Å²) in [5.74, 6) is -0.173. The normalized spacial score (nSPS) is 11.4. The lowest BCUT2D eigenvalue weighted by molar-refractivity contribution is 0.318. The second kappa shape index (κ2) is 5.66. The van der Waals surface area contributed by atoms with Crippen LogP contribution in [0, 0.1) is 5.82 Å². The highest BCUT2D eigenvalue weighted by Crippen LogP contribution is 2.26. The summed E-state index contributed by atoms with van der Waals surface area (Å²) in [5.41, 5.74) is 5.67. The molecule has 1 aromatic carbocycles. The predicted molar refractivity (Wildman–Crippen MR) is 70.9 cm³/mol. The first kappa shape index (κ1) is 13.3. The molecule has 0 fully saturated rings. The van der Waals surface area contributed by atoms with Crippen LogP contribution in [-0.2, 0) is 0 Å². The maximum atomic E-state index is 13.6. The Bertz CT molecular complexity index is 617. The molecule has 0 bridgehead atoms. The highest BCUT2D eigenvalue weighted by Gasteiger charge is 2.06. The van der Waals surface area contributed by atoms with Gasteiger partial charge in [0.2, 0.25) is 0 Å². The van der Waals surface area contributed by atoms with E-state index < -0.39 is 5.82 Å². The third-order valence-electron chi connectivity index (χ3n) is 2.23. The Kier molecular flexibility index (Phi) is 3.96. The van der Waals surface area contributed by atoms with E-state index in [2.05, 4.69) is 26.1 Å². The van der Waals surface area contributed by atoms with Crippen molar-refractivity contribution in [2.75, 3.05) is 0 Å². The molecule has 0 radical (unpaired) electrons. The second-order valence-corrected chi connectivity index (χ2v) is 4.46. The van der Waals surface area contributed by atoms with Gasteiger partial charge < -0.3 is 15.7 Å². The van der Waals surface area contributed by atoms with Crippen LogP contribution in [0.15, 0.2) is 46.2 Å². The summed E-state index contributed by atoms with van der Waals surface area (Å²) in [4.78, 5) is 3.92. The number of nitrogens with two attached hydrogens (primary N) is 1. The summed E-state index contributed by atoms with van der Waals surface area (Å²) in [6, 6.07) is 7.50. The van der Waals surface area contributed by atoms with E-state index in [0.29, 0.717) is 15.9 Å². The van der Waals surface area contributed by atoms with E-state index >= 15 is 0 Å². The lowest BCUT2D eigenvalue weighted by atomic mass is 10.3. The van der Waals surface area contributed by atoms with Crippen LogP contribution in [0.25, 0.3) is 0 Å². The van der Waals surface area contributed by atoms with Gasteiger partial charge in [-0.1, -0.05) is 21.1 Å². The van der Waals surface area contributed by atoms with Gasteiger partial charge in [0.25, 0.3) is 0 Å². The van der Waals surface area contributed by atoms with Crippen molar-refractivity contribution in [3.63, 3.8) is 0 Å². The molecule has 0 atom stereocenters. The lowest BCUT2D eigenvalue weighted by Gasteiger charge is -2.07. The zero-order valence-corrected chi connectivity index (χ0v) is 11.1. The number of hydrogen-bond donors (Lipinski definition) is 2. The lowest BCUT2D eigenvalue weighted by Crippen LogP contribution is -2.14. The molecular formula is C12H9BrFN3O2. The molecule has 0 amide bonds. The number of halogens is 2. The fourth-order valence-electron chi connectivity index (χ4n) is 1.33. The van der Waals surface area contributed by atoms with Crippen molar-refractivity contribution in [1.29, 1.82) is 0 Å². The molecule has 7 heteroatoms. The molecule has 0 saturated heterocycles. The maximum absolute atomic E-state index is 13.6. The Labute approximate surface area is 116 Å². The van der Waals surface area contributed by atoms with Crippen LogP contribution in [0.1, 0.15) is 5.69 Å². The van der Waals surface area contributed by atoms with Crippen LogP contribution < -0.4 is 10.5 Å². The predicted octanol–water partition coefficient (Wildman–Crippen LogP) is 2.87. The minimum Gasteiger partial charge on any atom is -0.453 e. The Morgan fingerprint density at radius 3 is 2.74 bits per heavy atom. The molecule has 0 aliphatic carbocycles. The molecule has 0 aliphatic rings. The molecule has 3 N–H and O–H groups in total. The monoisotopic (exact) mass is 325 g/mol. The SMILES string of the molecule is N/C(=N/O)c1ccc(Oc2ccc(Br)cc2F)cn1. The zero-order valence-electron chi connectivity index (χ0n) is 9.55. The molecule has 5 nitrogen and oxygen atoms in total. The maximum Gasteiger partial charge on any atom is 0.188 e. The third kappa shape index (κ3) is 3.19. The molecule has 2 aromatic rings. The molecule has 2 rings (SSSR count). The molecular weight excluding hydrogens is 317 g/mol. The fourth-order valence-corrected chi connectivity index (χ4v) is 1.66. The molecule has 0 unspecified atom stereocenters. The number of rotatable bonds is 3. The van der Waals surface area contributed by atoms with Gasteiger partial charge in [0.05, 0.1) is 6.20 Å². The smallest absolute Gasteiger partial charge is 0.188 e. The van der Waals surface area contributed by atoms with E-state index in [-0.39, 0.29) is 11.6 Å². The molecule has 19 heavy (non-hydrogen) atoms. The van der Waals surface area contributed by atoms with Crippen LogP contribution in [0.3, 0.4) is 0 Å². The highest BCUT2D eigenvalue weighted by atomic mass is 79.9. The molecule has 0 spiro atoms. The molecule has 0 saturated carbocycles. The third-order valence-corrected chi connectivity index (χ3v) is 2.72. The van der Waals surface area contributed by atoms with E-state index in [4.69, 9.17) is 15.7 Å². The topological polar surface area (TPSA) is 80.7 Å². The first-order chi connectivity index (χ1) is 9.10. The Hall–Kier alpha value is -2.15. The average Bonchev–Trinajstić information content (AvgIpc) is 2.42. The summed E-state index contributed by atoms with van der Waals surface area (Å²) in [5, 5.41) is 11.3. The molecule has 0 aliphatic heterocycles. The number of ether oxygens (including phenoxy) is 1. The Morgan fingerprint density at radius 1 is 1.37 bits per heavy atom. The summed E-state index contributed by atoms with van der Waals surface area (Å²) < 4.78 is 19.5. The summed E-state index contributed by atoms with van der Waals surface area (Å²) in [7, 11) is 0. The van der Waals surface area contributed by atoms with Crippen LogP contribution >= 0.6 is 15.9 Å². The number of oxime groups is 1. The summed E-state index contributed by atoms with van der Waals surface area (Å²) >= 11 is 3.16. The van der Waals surface area contributed by atoms with E-state index in [9.17, 15) is 4.39 Å². The summed E-state index contributed by atoms with van der Waals surface area (Å²) in [6.07, 6.45) is 1.36. The van der Waals surface area contributed by atoms with E-state index in [1.807, 2.05) is 0 Å². The summed E-state index contributed by atoms with van der Waals surface area (Å²) in [6.45, 7) is 0. The Morgan fingerprint density at radius 2 is 2.16 bits per heavy atom. The van der Waals surface area contributed by atoms with Gasteiger partial charge in [-0.25, -0.2) is 9.37 Å². The van der Waals surface area contributed by atoms with Gasteiger partial charge in [-0.2, -0.15) is 0 Å². The number of benzene rings is 1. The van der Waals surface area contributed by atoms with E-state index in [0.717, 1.165) is 0 Å². The van der Waals surface area contributed by atoms with Crippen LogP contribution in [0.4, 0.5) is 4.39 Å². The number of amidine groups is 1. The van der Waals surface area contributed by atoms with Crippen LogP contribution in [0.5, 0.6) is 11.5 Å². The molecule has 1 aromatic heterocycles. The fraction of sp³-hybridized carbons (Fsp3) is 0. The van der Waals surface area contributed by atoms with Crippen molar-refractivity contribution in [3.05, 3.63) is 52.5 Å². The van der Waals surface area contributed by atoms with Crippen molar-refractivity contribution in [3.8, 4) is 11.5 Å². The number of nitrogens with zero attached hydrogens (tertiary/aromatic N) is 2. The van der Waals surface area contributed by atoms with E-state index in [1.165, 1.54) is 24.4 Å². The van der Waals surface area contributed by atoms with Crippen molar-refractivity contribution in [2.45, 2.75) is 0 Å². The minimum atomic E-state index is -0.491. The van der Waals surface area contributed by atoms with Gasteiger partial charge in [0.15, 0.2) is 17.4 Å². The quantitative estimate of drug-likeness (QED) is 0.393. The van der Waals surface area contributed by atoms with Crippen LogP contribution in [-0.4, -0.2) is 16.0 Å². The van der Waals surface area contributed by atoms with Crippen molar-refractivity contribution in [2.24, 2.45) is 10.9 Å². The average molecular weight is 326 g/mol. The van der Waals surface area contributed by atoms with Crippen molar-refractivity contribution >= 4 is 21.8 Å². The number of pyridine rings is 1. The standard InChI is InChI=1S/C12H9BrFN3O2/c13-7-1-4-11(9(14)5-7)19-8-2-3-10(16-6-8)12(15)17-18/h1-6,18H,(H2,15,17). The van der Waals surface area contributed by atoms with Gasteiger partial charge >= 0.3 is 0 Å². The number of hydrogen-bond acceptors (Lipinski definition) is 4. The zero-order chi connectivity index (χ0) is 13.8. The molecule has 1 heterocycles. The van der Waals surface area contributed by atoms with Crippen LogP contribution in [0.2, 0.25) is 0 Å². The van der Waals surface area contributed by atoms with Crippen molar-refractivity contribution < 1.29 is 14.3 Å². The van der Waals surface area contributed by atoms with Gasteiger partial charge in [0, 0.05) is 4.47 Å². The first-order valence-electron chi connectivity index (χ1n) is 5.17. The van der Waals surface area contributed by atoms with Gasteiger partial charge in [-0.3, -0.25) is 0 Å². The molecule has 98 valence electrons. The van der Waals surface area contributed by atoms with Gasteiger partial charge in [-0.05, 0) is 30.3 Å². The largest absolute Gasteiger partial charge is 0.453 e.